The van der Waals surface area contributed by atoms with Gasteiger partial charge in [0.15, 0.2) is 11.6 Å². The van der Waals surface area contributed by atoms with Gasteiger partial charge >= 0.3 is 0 Å². The monoisotopic (exact) mass is 815 g/mol. The average Bonchev–Trinajstić information content (AvgIpc) is 3.61. The summed E-state index contributed by atoms with van der Waals surface area (Å²) in [7, 11) is 0. The summed E-state index contributed by atoms with van der Waals surface area (Å²) in [6, 6.07) is 48.8. The highest BCUT2D eigenvalue weighted by Crippen LogP contribution is 2.42. The molecule has 0 aliphatic rings. The summed E-state index contributed by atoms with van der Waals surface area (Å²) in [5.74, 6) is 1.85. The number of benzene rings is 6. The first kappa shape index (κ1) is 27.7. The van der Waals surface area contributed by atoms with Gasteiger partial charge < -0.3 is 4.57 Å². The molecule has 0 spiro atoms. The van der Waals surface area contributed by atoms with Crippen LogP contribution in [-0.4, -0.2) is 24.1 Å². The van der Waals surface area contributed by atoms with Crippen molar-refractivity contribution < 1.29 is 0 Å². The zero-order valence-electron chi connectivity index (χ0n) is 24.3. The standard InChI is InChI=1S/C39H23I2N5/c40-26-16-20-33-31(22-26)29-18-19-30-32-23-27(41)17-21-34(32)46(36(30)35(29)45(33)28-14-8-3-9-15-28)39-43-37(24-10-4-1-5-11-24)42-38(44-39)25-12-6-2-7-13-25/h1-23H. The molecule has 3 heterocycles. The number of halogens is 2. The molecule has 9 rings (SSSR count). The van der Waals surface area contributed by atoms with E-state index in [1.54, 1.807) is 0 Å². The minimum absolute atomic E-state index is 0.584. The van der Waals surface area contributed by atoms with E-state index < -0.39 is 0 Å². The van der Waals surface area contributed by atoms with Gasteiger partial charge in [0.2, 0.25) is 5.95 Å². The van der Waals surface area contributed by atoms with E-state index in [0.717, 1.165) is 49.7 Å². The van der Waals surface area contributed by atoms with Crippen LogP contribution in [0.15, 0.2) is 140 Å². The zero-order chi connectivity index (χ0) is 30.8. The predicted molar refractivity (Wildman–Crippen MR) is 205 cm³/mol. The van der Waals surface area contributed by atoms with Crippen molar-refractivity contribution in [1.82, 2.24) is 24.1 Å². The molecule has 9 aromatic rings. The van der Waals surface area contributed by atoms with Crippen molar-refractivity contribution >= 4 is 88.8 Å². The van der Waals surface area contributed by atoms with Crippen LogP contribution in [0.4, 0.5) is 0 Å². The molecule has 0 saturated carbocycles. The summed E-state index contributed by atoms with van der Waals surface area (Å²) < 4.78 is 7.01. The van der Waals surface area contributed by atoms with Gasteiger partial charge in [0.05, 0.1) is 22.1 Å². The number of aromatic nitrogens is 5. The minimum Gasteiger partial charge on any atom is -0.307 e. The number of para-hydroxylation sites is 1. The van der Waals surface area contributed by atoms with Gasteiger partial charge in [-0.3, -0.25) is 4.57 Å². The number of fused-ring (bicyclic) bond motifs is 7. The van der Waals surface area contributed by atoms with E-state index in [0.29, 0.717) is 17.6 Å². The van der Waals surface area contributed by atoms with Crippen LogP contribution in [0.25, 0.3) is 78.0 Å². The fourth-order valence-electron chi connectivity index (χ4n) is 6.50. The molecule has 0 bridgehead atoms. The van der Waals surface area contributed by atoms with E-state index in [9.17, 15) is 0 Å². The Hall–Kier alpha value is -4.61. The average molecular weight is 815 g/mol. The molecule has 0 N–H and O–H groups in total. The van der Waals surface area contributed by atoms with Crippen LogP contribution in [0.1, 0.15) is 0 Å². The Morgan fingerprint density at radius 2 is 0.870 bits per heavy atom. The lowest BCUT2D eigenvalue weighted by molar-refractivity contribution is 0.953. The third-order valence-electron chi connectivity index (χ3n) is 8.48. The molecule has 0 aliphatic carbocycles. The first-order valence-electron chi connectivity index (χ1n) is 14.9. The summed E-state index contributed by atoms with van der Waals surface area (Å²) in [4.78, 5) is 15.4. The zero-order valence-corrected chi connectivity index (χ0v) is 28.6. The highest BCUT2D eigenvalue weighted by molar-refractivity contribution is 14.1. The molecule has 3 aromatic heterocycles. The molecule has 46 heavy (non-hydrogen) atoms. The topological polar surface area (TPSA) is 48.5 Å². The van der Waals surface area contributed by atoms with Gasteiger partial charge in [-0.15, -0.1) is 0 Å². The third-order valence-corrected chi connectivity index (χ3v) is 9.82. The first-order valence-corrected chi connectivity index (χ1v) is 17.1. The van der Waals surface area contributed by atoms with E-state index in [4.69, 9.17) is 15.0 Å². The van der Waals surface area contributed by atoms with Crippen molar-refractivity contribution in [3.05, 3.63) is 147 Å². The molecule has 7 heteroatoms. The second-order valence-electron chi connectivity index (χ2n) is 11.2. The van der Waals surface area contributed by atoms with Gasteiger partial charge in [0.25, 0.3) is 0 Å². The van der Waals surface area contributed by atoms with E-state index in [1.807, 2.05) is 36.4 Å². The third kappa shape index (κ3) is 4.44. The van der Waals surface area contributed by atoms with E-state index in [2.05, 4.69) is 157 Å². The van der Waals surface area contributed by atoms with Gasteiger partial charge in [0, 0.05) is 45.5 Å². The molecule has 0 fully saturated rings. The highest BCUT2D eigenvalue weighted by Gasteiger charge is 2.23. The fourth-order valence-corrected chi connectivity index (χ4v) is 7.48. The van der Waals surface area contributed by atoms with Gasteiger partial charge in [-0.25, -0.2) is 4.98 Å². The molecule has 0 unspecified atom stereocenters. The van der Waals surface area contributed by atoms with Crippen molar-refractivity contribution in [3.8, 4) is 34.4 Å². The normalized spacial score (nSPS) is 11.7. The van der Waals surface area contributed by atoms with Crippen LogP contribution < -0.4 is 0 Å². The first-order chi connectivity index (χ1) is 22.6. The summed E-state index contributed by atoms with van der Waals surface area (Å²) in [5.41, 5.74) is 7.38. The Morgan fingerprint density at radius 1 is 0.413 bits per heavy atom. The van der Waals surface area contributed by atoms with Crippen LogP contribution in [0.2, 0.25) is 0 Å². The van der Waals surface area contributed by atoms with Crippen LogP contribution >= 0.6 is 45.2 Å². The number of rotatable bonds is 4. The van der Waals surface area contributed by atoms with E-state index in [-0.39, 0.29) is 0 Å². The Kier molecular flexibility index (Phi) is 6.63. The fraction of sp³-hybridized carbons (Fsp3) is 0. The van der Waals surface area contributed by atoms with Crippen molar-refractivity contribution in [2.45, 2.75) is 0 Å². The van der Waals surface area contributed by atoms with E-state index in [1.165, 1.54) is 17.9 Å². The molecule has 6 aromatic carbocycles. The Bertz CT molecular complexity index is 2530. The maximum atomic E-state index is 5.20. The van der Waals surface area contributed by atoms with Gasteiger partial charge in [-0.05, 0) is 93.7 Å². The van der Waals surface area contributed by atoms with Crippen LogP contribution in [0.5, 0.6) is 0 Å². The molecule has 0 radical (unpaired) electrons. The molecular weight excluding hydrogens is 792 g/mol. The molecular formula is C39H23I2N5. The number of hydrogen-bond donors (Lipinski definition) is 0. The Labute approximate surface area is 291 Å². The Balaban J connectivity index is 1.49. The van der Waals surface area contributed by atoms with Crippen molar-refractivity contribution in [3.63, 3.8) is 0 Å². The molecule has 0 saturated heterocycles. The van der Waals surface area contributed by atoms with Gasteiger partial charge in [0.1, 0.15) is 0 Å². The summed E-state index contributed by atoms with van der Waals surface area (Å²) in [6.07, 6.45) is 0. The van der Waals surface area contributed by atoms with Gasteiger partial charge in [-0.1, -0.05) is 91.0 Å². The van der Waals surface area contributed by atoms with Gasteiger partial charge in [-0.2, -0.15) is 9.97 Å². The minimum atomic E-state index is 0.584. The second kappa shape index (κ2) is 11.0. The SMILES string of the molecule is Ic1ccc2c(c1)c1ccc3c4cc(I)ccc4n(-c4nc(-c5ccccc5)nc(-c5ccccc5)n4)c3c1n2-c1ccccc1. The predicted octanol–water partition coefficient (Wildman–Crippen LogP) is 10.6. The highest BCUT2D eigenvalue weighted by atomic mass is 127. The molecule has 218 valence electrons. The lowest BCUT2D eigenvalue weighted by Gasteiger charge is -2.13. The summed E-state index contributed by atoms with van der Waals surface area (Å²) in [5, 5.41) is 4.71. The van der Waals surface area contributed by atoms with Crippen molar-refractivity contribution in [1.29, 1.82) is 0 Å². The number of hydrogen-bond acceptors (Lipinski definition) is 3. The molecule has 0 aliphatic heterocycles. The van der Waals surface area contributed by atoms with Crippen LogP contribution in [0, 0.1) is 7.14 Å². The maximum absolute atomic E-state index is 5.20. The van der Waals surface area contributed by atoms with Crippen LogP contribution in [0.3, 0.4) is 0 Å². The van der Waals surface area contributed by atoms with Crippen LogP contribution in [-0.2, 0) is 0 Å². The van der Waals surface area contributed by atoms with E-state index >= 15 is 0 Å². The molecule has 5 nitrogen and oxygen atoms in total. The smallest absolute Gasteiger partial charge is 0.238 e. The quantitative estimate of drug-likeness (QED) is 0.166. The molecule has 0 amide bonds. The lowest BCUT2D eigenvalue weighted by Crippen LogP contribution is -2.07. The Morgan fingerprint density at radius 3 is 1.39 bits per heavy atom. The number of nitrogens with zero attached hydrogens (tertiary/aromatic N) is 5. The maximum Gasteiger partial charge on any atom is 0.238 e. The van der Waals surface area contributed by atoms with Crippen molar-refractivity contribution in [2.24, 2.45) is 0 Å². The second-order valence-corrected chi connectivity index (χ2v) is 13.7. The molecule has 0 atom stereocenters. The van der Waals surface area contributed by atoms with Crippen molar-refractivity contribution in [2.75, 3.05) is 0 Å². The summed E-state index contributed by atoms with van der Waals surface area (Å²) >= 11 is 4.81. The summed E-state index contributed by atoms with van der Waals surface area (Å²) in [6.45, 7) is 0. The largest absolute Gasteiger partial charge is 0.307 e. The lowest BCUT2D eigenvalue weighted by atomic mass is 10.1.